The predicted octanol–water partition coefficient (Wildman–Crippen LogP) is 5.59. The molecule has 0 radical (unpaired) electrons. The Balaban J connectivity index is 1.67. The Morgan fingerprint density at radius 3 is 2.85 bits per heavy atom. The summed E-state index contributed by atoms with van der Waals surface area (Å²) in [5.41, 5.74) is 1.69. The van der Waals surface area contributed by atoms with Gasteiger partial charge in [0, 0.05) is 36.9 Å². The van der Waals surface area contributed by atoms with Crippen LogP contribution in [-0.4, -0.2) is 14.1 Å². The lowest BCUT2D eigenvalue weighted by molar-refractivity contribution is 0.559. The summed E-state index contributed by atoms with van der Waals surface area (Å²) >= 11 is 9.03. The van der Waals surface area contributed by atoms with Crippen LogP contribution >= 0.6 is 34.3 Å². The van der Waals surface area contributed by atoms with E-state index in [0.717, 1.165) is 30.0 Å². The van der Waals surface area contributed by atoms with Crippen molar-refractivity contribution in [3.8, 4) is 10.6 Å². The Bertz CT molecular complexity index is 1080. The number of benzene rings is 1. The van der Waals surface area contributed by atoms with Crippen LogP contribution in [0.1, 0.15) is 6.42 Å². The molecule has 0 saturated carbocycles. The van der Waals surface area contributed by atoms with Gasteiger partial charge in [-0.2, -0.15) is 0 Å². The quantitative estimate of drug-likeness (QED) is 0.402. The van der Waals surface area contributed by atoms with E-state index in [1.54, 1.807) is 34.9 Å². The Kier molecular flexibility index (Phi) is 5.52. The second-order valence-electron chi connectivity index (χ2n) is 5.90. The van der Waals surface area contributed by atoms with Gasteiger partial charge in [0.2, 0.25) is 0 Å². The van der Waals surface area contributed by atoms with E-state index >= 15 is 0 Å². The molecule has 0 aliphatic heterocycles. The number of thiazole rings is 1. The lowest BCUT2D eigenvalue weighted by atomic mass is 10.3. The molecule has 0 N–H and O–H groups in total. The fourth-order valence-corrected chi connectivity index (χ4v) is 4.64. The van der Waals surface area contributed by atoms with Crippen LogP contribution in [0.2, 0.25) is 5.02 Å². The van der Waals surface area contributed by atoms with Crippen molar-refractivity contribution < 1.29 is 4.39 Å². The van der Waals surface area contributed by atoms with E-state index in [9.17, 15) is 4.39 Å². The van der Waals surface area contributed by atoms with E-state index in [-0.39, 0.29) is 5.02 Å². The molecule has 3 aromatic heterocycles. The molecule has 0 atom stereocenters. The molecule has 4 aromatic rings. The van der Waals surface area contributed by atoms with Crippen molar-refractivity contribution in [3.05, 3.63) is 75.5 Å². The minimum absolute atomic E-state index is 0.104. The first-order valence-corrected chi connectivity index (χ1v) is 10.5. The Hall–Kier alpha value is -2.22. The van der Waals surface area contributed by atoms with Crippen LogP contribution in [0, 0.1) is 5.82 Å². The topological polar surface area (TPSA) is 35.1 Å². The van der Waals surface area contributed by atoms with Crippen molar-refractivity contribution in [2.24, 2.45) is 4.99 Å². The number of halogens is 2. The Labute approximate surface area is 168 Å². The van der Waals surface area contributed by atoms with Crippen LogP contribution in [0.25, 0.3) is 10.6 Å². The minimum atomic E-state index is -0.459. The standard InChI is InChI=1S/C19H16ClFN4S2/c20-15-5-4-14(11-16(15)21)23-19-25(8-2-7-24-9-6-22-13-24)17(12-27-19)18-3-1-10-26-18/h1,3-6,9-13H,2,7-8H2. The highest BCUT2D eigenvalue weighted by molar-refractivity contribution is 7.14. The van der Waals surface area contributed by atoms with E-state index < -0.39 is 5.82 Å². The third-order valence-electron chi connectivity index (χ3n) is 4.06. The average molecular weight is 419 g/mol. The number of hydrogen-bond acceptors (Lipinski definition) is 4. The maximum atomic E-state index is 13.8. The Morgan fingerprint density at radius 1 is 1.19 bits per heavy atom. The molecule has 4 nitrogen and oxygen atoms in total. The lowest BCUT2D eigenvalue weighted by Gasteiger charge is -2.08. The van der Waals surface area contributed by atoms with Gasteiger partial charge < -0.3 is 9.13 Å². The summed E-state index contributed by atoms with van der Waals surface area (Å²) in [6, 6.07) is 8.77. The van der Waals surface area contributed by atoms with Crippen molar-refractivity contribution in [1.82, 2.24) is 14.1 Å². The summed E-state index contributed by atoms with van der Waals surface area (Å²) in [5.74, 6) is -0.459. The van der Waals surface area contributed by atoms with Crippen molar-refractivity contribution in [3.63, 3.8) is 0 Å². The summed E-state index contributed by atoms with van der Waals surface area (Å²) in [6.07, 6.45) is 6.50. The van der Waals surface area contributed by atoms with Crippen molar-refractivity contribution in [2.45, 2.75) is 19.5 Å². The van der Waals surface area contributed by atoms with Gasteiger partial charge in [0.05, 0.1) is 27.6 Å². The van der Waals surface area contributed by atoms with Crippen LogP contribution in [-0.2, 0) is 13.1 Å². The third kappa shape index (κ3) is 4.21. The molecule has 1 aromatic carbocycles. The van der Waals surface area contributed by atoms with Crippen LogP contribution in [0.4, 0.5) is 10.1 Å². The minimum Gasteiger partial charge on any atom is -0.337 e. The number of rotatable bonds is 6. The maximum Gasteiger partial charge on any atom is 0.190 e. The normalized spacial score (nSPS) is 12.0. The summed E-state index contributed by atoms with van der Waals surface area (Å²) in [5, 5.41) is 4.27. The highest BCUT2D eigenvalue weighted by Crippen LogP contribution is 2.26. The van der Waals surface area contributed by atoms with Crippen LogP contribution in [0.5, 0.6) is 0 Å². The molecule has 0 saturated heterocycles. The molecule has 0 amide bonds. The van der Waals surface area contributed by atoms with Gasteiger partial charge in [0.25, 0.3) is 0 Å². The van der Waals surface area contributed by atoms with E-state index in [0.29, 0.717) is 5.69 Å². The number of nitrogens with zero attached hydrogens (tertiary/aromatic N) is 4. The molecule has 0 unspecified atom stereocenters. The van der Waals surface area contributed by atoms with Gasteiger partial charge in [0.1, 0.15) is 5.82 Å². The smallest absolute Gasteiger partial charge is 0.190 e. The maximum absolute atomic E-state index is 13.8. The van der Waals surface area contributed by atoms with E-state index in [1.807, 2.05) is 18.6 Å². The number of aromatic nitrogens is 3. The van der Waals surface area contributed by atoms with Crippen LogP contribution < -0.4 is 4.80 Å². The molecule has 0 aliphatic carbocycles. The van der Waals surface area contributed by atoms with Crippen molar-refractivity contribution >= 4 is 40.0 Å². The van der Waals surface area contributed by atoms with Crippen molar-refractivity contribution in [2.75, 3.05) is 0 Å². The number of aryl methyl sites for hydroxylation is 1. The van der Waals surface area contributed by atoms with Gasteiger partial charge >= 0.3 is 0 Å². The second kappa shape index (κ2) is 8.21. The zero-order valence-electron chi connectivity index (χ0n) is 14.3. The molecule has 138 valence electrons. The van der Waals surface area contributed by atoms with Gasteiger partial charge in [-0.25, -0.2) is 14.4 Å². The Morgan fingerprint density at radius 2 is 2.11 bits per heavy atom. The fourth-order valence-electron chi connectivity index (χ4n) is 2.75. The zero-order valence-corrected chi connectivity index (χ0v) is 16.6. The van der Waals surface area contributed by atoms with E-state index in [1.165, 1.54) is 17.0 Å². The lowest BCUT2D eigenvalue weighted by Crippen LogP contribution is -2.16. The highest BCUT2D eigenvalue weighted by atomic mass is 35.5. The molecule has 3 heterocycles. The number of thiophene rings is 1. The van der Waals surface area contributed by atoms with Gasteiger partial charge in [-0.05, 0) is 30.0 Å². The largest absolute Gasteiger partial charge is 0.337 e. The molecule has 0 spiro atoms. The van der Waals surface area contributed by atoms with Gasteiger partial charge in [0.15, 0.2) is 4.80 Å². The van der Waals surface area contributed by atoms with Crippen LogP contribution in [0.3, 0.4) is 0 Å². The number of imidazole rings is 1. The highest BCUT2D eigenvalue weighted by Gasteiger charge is 2.09. The van der Waals surface area contributed by atoms with E-state index in [4.69, 9.17) is 11.6 Å². The zero-order chi connectivity index (χ0) is 18.6. The molecular formula is C19H16ClFN4S2. The molecule has 0 fully saturated rings. The first-order chi connectivity index (χ1) is 13.2. The second-order valence-corrected chi connectivity index (χ2v) is 8.09. The molecule has 8 heteroatoms. The monoisotopic (exact) mass is 418 g/mol. The summed E-state index contributed by atoms with van der Waals surface area (Å²) in [7, 11) is 0. The molecule has 4 rings (SSSR count). The molecule has 0 bridgehead atoms. The fraction of sp³-hybridized carbons (Fsp3) is 0.158. The SMILES string of the molecule is Fc1cc(N=c2scc(-c3cccs3)n2CCCn2ccnc2)ccc1Cl. The summed E-state index contributed by atoms with van der Waals surface area (Å²) in [6.45, 7) is 1.69. The van der Waals surface area contributed by atoms with Crippen LogP contribution in [0.15, 0.2) is 64.8 Å². The third-order valence-corrected chi connectivity index (χ3v) is 6.12. The molecular weight excluding hydrogens is 403 g/mol. The predicted molar refractivity (Wildman–Crippen MR) is 109 cm³/mol. The van der Waals surface area contributed by atoms with Gasteiger partial charge in [-0.3, -0.25) is 0 Å². The number of hydrogen-bond donors (Lipinski definition) is 0. The first-order valence-electron chi connectivity index (χ1n) is 8.38. The summed E-state index contributed by atoms with van der Waals surface area (Å²) in [4.78, 5) is 10.8. The van der Waals surface area contributed by atoms with Gasteiger partial charge in [-0.15, -0.1) is 22.7 Å². The average Bonchev–Trinajstić information content (AvgIpc) is 3.41. The molecule has 0 aliphatic rings. The summed E-state index contributed by atoms with van der Waals surface area (Å²) < 4.78 is 18.0. The molecule has 27 heavy (non-hydrogen) atoms. The van der Waals surface area contributed by atoms with Gasteiger partial charge in [-0.1, -0.05) is 17.7 Å². The van der Waals surface area contributed by atoms with E-state index in [2.05, 4.69) is 35.9 Å². The van der Waals surface area contributed by atoms with Crippen molar-refractivity contribution in [1.29, 1.82) is 0 Å². The first kappa shape index (κ1) is 18.2.